The first-order valence-electron chi connectivity index (χ1n) is 13.5. The highest BCUT2D eigenvalue weighted by molar-refractivity contribution is 5.82. The lowest BCUT2D eigenvalue weighted by molar-refractivity contribution is -0.132. The van der Waals surface area contributed by atoms with E-state index in [2.05, 4.69) is 88.5 Å². The van der Waals surface area contributed by atoms with Crippen molar-refractivity contribution in [2.45, 2.75) is 45.2 Å². The fourth-order valence-corrected chi connectivity index (χ4v) is 5.86. The van der Waals surface area contributed by atoms with E-state index in [1.165, 1.54) is 22.4 Å². The van der Waals surface area contributed by atoms with E-state index >= 15 is 0 Å². The highest BCUT2D eigenvalue weighted by Crippen LogP contribution is 2.33. The molecule has 36 heavy (non-hydrogen) atoms. The van der Waals surface area contributed by atoms with Gasteiger partial charge in [0.05, 0.1) is 16.7 Å². The lowest BCUT2D eigenvalue weighted by Crippen LogP contribution is -2.58. The monoisotopic (exact) mass is 486 g/mol. The van der Waals surface area contributed by atoms with Crippen molar-refractivity contribution >= 4 is 17.1 Å². The summed E-state index contributed by atoms with van der Waals surface area (Å²) in [5, 5.41) is 8.35. The van der Waals surface area contributed by atoms with E-state index in [-0.39, 0.29) is 5.54 Å². The zero-order valence-corrected chi connectivity index (χ0v) is 21.8. The second-order valence-corrected chi connectivity index (χ2v) is 11.3. The molecule has 1 aliphatic carbocycles. The molecule has 1 amide bonds. The summed E-state index contributed by atoms with van der Waals surface area (Å²) in [6.45, 7) is 13.4. The minimum Gasteiger partial charge on any atom is -0.366 e. The van der Waals surface area contributed by atoms with Gasteiger partial charge in [-0.3, -0.25) is 9.69 Å². The molecule has 7 heteroatoms. The highest BCUT2D eigenvalue weighted by atomic mass is 16.2. The summed E-state index contributed by atoms with van der Waals surface area (Å²) < 4.78 is 1.99. The first-order chi connectivity index (χ1) is 17.4. The quantitative estimate of drug-likeness (QED) is 0.597. The van der Waals surface area contributed by atoms with Gasteiger partial charge in [-0.25, -0.2) is 4.52 Å². The standard InChI is InChI=1S/C29H38N6O/c1-21(2)34-13-12-30-29(3,20-34)25-8-6-22(7-9-25)24-18-27-26(10-11-31-35(27)19-24)32-14-16-33(17-15-32)28(36)23-4-5-23/h6-11,18-19,21,23,30H,4-5,12-17,20H2,1-3H3/t29-/m0/s1. The summed E-state index contributed by atoms with van der Waals surface area (Å²) in [7, 11) is 0. The van der Waals surface area contributed by atoms with E-state index in [1.807, 2.05) is 10.7 Å². The van der Waals surface area contributed by atoms with Crippen LogP contribution in [-0.4, -0.2) is 77.2 Å². The number of benzene rings is 1. The predicted molar refractivity (Wildman–Crippen MR) is 144 cm³/mol. The molecular weight excluding hydrogens is 448 g/mol. The van der Waals surface area contributed by atoms with Crippen LogP contribution in [-0.2, 0) is 10.3 Å². The van der Waals surface area contributed by atoms with Gasteiger partial charge in [-0.2, -0.15) is 5.10 Å². The van der Waals surface area contributed by atoms with Crippen molar-refractivity contribution in [3.63, 3.8) is 0 Å². The number of nitrogens with one attached hydrogen (secondary N) is 1. The average molecular weight is 487 g/mol. The van der Waals surface area contributed by atoms with E-state index in [0.29, 0.717) is 17.9 Å². The van der Waals surface area contributed by atoms with Gasteiger partial charge >= 0.3 is 0 Å². The van der Waals surface area contributed by atoms with Crippen LogP contribution in [0.15, 0.2) is 48.8 Å². The SMILES string of the molecule is CC(C)N1CCN[C@](C)(c2ccc(-c3cc4c(N5CCN(C(=O)C6CC6)CC5)ccnn4c3)cc2)C1. The van der Waals surface area contributed by atoms with Crippen LogP contribution in [0.2, 0.25) is 0 Å². The number of hydrogen-bond acceptors (Lipinski definition) is 5. The number of fused-ring (bicyclic) bond motifs is 1. The Bertz CT molecular complexity index is 1240. The molecule has 7 nitrogen and oxygen atoms in total. The minimum absolute atomic E-state index is 0.0374. The number of carbonyl (C=O) groups excluding carboxylic acids is 1. The second-order valence-electron chi connectivity index (χ2n) is 11.3. The Morgan fingerprint density at radius 3 is 2.47 bits per heavy atom. The molecule has 6 rings (SSSR count). The van der Waals surface area contributed by atoms with Crippen molar-refractivity contribution in [3.05, 3.63) is 54.4 Å². The molecule has 3 fully saturated rings. The molecule has 2 aromatic heterocycles. The summed E-state index contributed by atoms with van der Waals surface area (Å²) in [5.74, 6) is 0.659. The summed E-state index contributed by atoms with van der Waals surface area (Å²) in [6, 6.07) is 14.0. The second kappa shape index (κ2) is 9.20. The fraction of sp³-hybridized carbons (Fsp3) is 0.517. The smallest absolute Gasteiger partial charge is 0.225 e. The molecule has 3 aliphatic rings. The zero-order chi connectivity index (χ0) is 24.9. The Kier molecular flexibility index (Phi) is 6.00. The van der Waals surface area contributed by atoms with Gasteiger partial charge in [0.25, 0.3) is 0 Å². The molecule has 2 aliphatic heterocycles. The molecule has 0 bridgehead atoms. The van der Waals surface area contributed by atoms with Crippen LogP contribution in [0.4, 0.5) is 5.69 Å². The highest BCUT2D eigenvalue weighted by Gasteiger charge is 2.35. The zero-order valence-electron chi connectivity index (χ0n) is 21.8. The number of piperazine rings is 2. The van der Waals surface area contributed by atoms with Crippen LogP contribution in [0, 0.1) is 5.92 Å². The number of hydrogen-bond donors (Lipinski definition) is 1. The molecule has 190 valence electrons. The van der Waals surface area contributed by atoms with Gasteiger partial charge < -0.3 is 15.1 Å². The summed E-state index contributed by atoms with van der Waals surface area (Å²) in [4.78, 5) is 19.5. The number of aromatic nitrogens is 2. The van der Waals surface area contributed by atoms with E-state index in [1.54, 1.807) is 0 Å². The van der Waals surface area contributed by atoms with Gasteiger partial charge in [-0.05, 0) is 56.9 Å². The Morgan fingerprint density at radius 1 is 1.03 bits per heavy atom. The van der Waals surface area contributed by atoms with Crippen LogP contribution >= 0.6 is 0 Å². The molecule has 1 N–H and O–H groups in total. The normalized spacial score (nSPS) is 23.6. The molecule has 1 atom stereocenters. The Balaban J connectivity index is 1.20. The van der Waals surface area contributed by atoms with E-state index in [9.17, 15) is 4.79 Å². The van der Waals surface area contributed by atoms with Crippen LogP contribution in [0.25, 0.3) is 16.6 Å². The molecule has 0 spiro atoms. The topological polar surface area (TPSA) is 56.1 Å². The molecular formula is C29H38N6O. The maximum absolute atomic E-state index is 12.5. The van der Waals surface area contributed by atoms with Gasteiger partial charge in [-0.1, -0.05) is 24.3 Å². The molecule has 0 unspecified atom stereocenters. The van der Waals surface area contributed by atoms with Gasteiger partial charge in [0.2, 0.25) is 5.91 Å². The number of nitrogens with zero attached hydrogens (tertiary/aromatic N) is 5. The van der Waals surface area contributed by atoms with Gasteiger partial charge in [0, 0.05) is 75.7 Å². The van der Waals surface area contributed by atoms with E-state index < -0.39 is 0 Å². The number of carbonyl (C=O) groups is 1. The fourth-order valence-electron chi connectivity index (χ4n) is 5.86. The van der Waals surface area contributed by atoms with Crippen molar-refractivity contribution in [2.75, 3.05) is 50.7 Å². The van der Waals surface area contributed by atoms with Gasteiger partial charge in [0.15, 0.2) is 0 Å². The minimum atomic E-state index is -0.0374. The number of anilines is 1. The van der Waals surface area contributed by atoms with Crippen LogP contribution in [0.5, 0.6) is 0 Å². The average Bonchev–Trinajstić information content (AvgIpc) is 3.66. The molecule has 1 saturated carbocycles. The third-order valence-corrected chi connectivity index (χ3v) is 8.36. The van der Waals surface area contributed by atoms with Crippen molar-refractivity contribution in [1.82, 2.24) is 24.7 Å². The molecule has 1 aromatic carbocycles. The Morgan fingerprint density at radius 2 is 1.78 bits per heavy atom. The molecule has 3 aromatic rings. The van der Waals surface area contributed by atoms with Gasteiger partial charge in [0.1, 0.15) is 0 Å². The van der Waals surface area contributed by atoms with Crippen LogP contribution < -0.4 is 10.2 Å². The number of rotatable bonds is 5. The Hall–Kier alpha value is -2.90. The summed E-state index contributed by atoms with van der Waals surface area (Å²) in [5.41, 5.74) is 5.98. The first-order valence-corrected chi connectivity index (χ1v) is 13.5. The molecule has 4 heterocycles. The lowest BCUT2D eigenvalue weighted by Gasteiger charge is -2.43. The predicted octanol–water partition coefficient (Wildman–Crippen LogP) is 3.59. The molecule has 2 saturated heterocycles. The third-order valence-electron chi connectivity index (χ3n) is 8.36. The maximum Gasteiger partial charge on any atom is 0.225 e. The Labute approximate surface area is 214 Å². The van der Waals surface area contributed by atoms with E-state index in [0.717, 1.165) is 64.2 Å². The largest absolute Gasteiger partial charge is 0.366 e. The lowest BCUT2D eigenvalue weighted by atomic mass is 9.88. The maximum atomic E-state index is 12.5. The first kappa shape index (κ1) is 23.5. The van der Waals surface area contributed by atoms with Crippen molar-refractivity contribution in [2.24, 2.45) is 5.92 Å². The summed E-state index contributed by atoms with van der Waals surface area (Å²) >= 11 is 0. The number of amides is 1. The van der Waals surface area contributed by atoms with Crippen molar-refractivity contribution in [3.8, 4) is 11.1 Å². The molecule has 0 radical (unpaired) electrons. The summed E-state index contributed by atoms with van der Waals surface area (Å²) in [6.07, 6.45) is 6.16. The van der Waals surface area contributed by atoms with Gasteiger partial charge in [-0.15, -0.1) is 0 Å². The van der Waals surface area contributed by atoms with Crippen molar-refractivity contribution in [1.29, 1.82) is 0 Å². The van der Waals surface area contributed by atoms with Crippen molar-refractivity contribution < 1.29 is 4.79 Å². The van der Waals surface area contributed by atoms with Crippen LogP contribution in [0.3, 0.4) is 0 Å². The van der Waals surface area contributed by atoms with E-state index in [4.69, 9.17) is 0 Å². The van der Waals surface area contributed by atoms with Crippen LogP contribution in [0.1, 0.15) is 39.2 Å². The third kappa shape index (κ3) is 4.39.